The van der Waals surface area contributed by atoms with Crippen LogP contribution in [0.3, 0.4) is 0 Å². The Morgan fingerprint density at radius 3 is 2.73 bits per heavy atom. The SMILES string of the molecule is Cc1cccn2c(C(=O)O)c(COc3ccc(Cl)cc3)nc12. The molecule has 0 spiro atoms. The van der Waals surface area contributed by atoms with Crippen LogP contribution in [0.4, 0.5) is 0 Å². The molecule has 0 amide bonds. The maximum absolute atomic E-state index is 11.5. The van der Waals surface area contributed by atoms with Crippen molar-refractivity contribution >= 4 is 23.2 Å². The van der Waals surface area contributed by atoms with Crippen LogP contribution < -0.4 is 4.74 Å². The summed E-state index contributed by atoms with van der Waals surface area (Å²) in [7, 11) is 0. The molecular formula is C16H13ClN2O3. The molecule has 0 unspecified atom stereocenters. The van der Waals surface area contributed by atoms with Crippen molar-refractivity contribution in [3.8, 4) is 5.75 Å². The number of carbonyl (C=O) groups is 1. The van der Waals surface area contributed by atoms with Crippen LogP contribution in [-0.4, -0.2) is 20.5 Å². The Labute approximate surface area is 131 Å². The number of benzene rings is 1. The molecule has 0 atom stereocenters. The van der Waals surface area contributed by atoms with Crippen LogP contribution in [0.5, 0.6) is 5.75 Å². The zero-order chi connectivity index (χ0) is 15.7. The molecule has 2 heterocycles. The van der Waals surface area contributed by atoms with E-state index in [-0.39, 0.29) is 12.3 Å². The molecule has 22 heavy (non-hydrogen) atoms. The highest BCUT2D eigenvalue weighted by Gasteiger charge is 2.19. The first-order valence-corrected chi connectivity index (χ1v) is 7.02. The molecule has 112 valence electrons. The van der Waals surface area contributed by atoms with Crippen LogP contribution in [-0.2, 0) is 6.61 Å². The third kappa shape index (κ3) is 2.63. The molecule has 1 N–H and O–H groups in total. The van der Waals surface area contributed by atoms with Gasteiger partial charge in [0.2, 0.25) is 0 Å². The Kier molecular flexibility index (Phi) is 3.73. The Morgan fingerprint density at radius 2 is 2.05 bits per heavy atom. The Bertz CT molecular complexity index is 840. The van der Waals surface area contributed by atoms with Crippen LogP contribution in [0, 0.1) is 6.92 Å². The molecule has 0 bridgehead atoms. The molecule has 5 nitrogen and oxygen atoms in total. The highest BCUT2D eigenvalue weighted by Crippen LogP contribution is 2.20. The fraction of sp³-hybridized carbons (Fsp3) is 0.125. The lowest BCUT2D eigenvalue weighted by Gasteiger charge is -2.05. The Morgan fingerprint density at radius 1 is 1.32 bits per heavy atom. The summed E-state index contributed by atoms with van der Waals surface area (Å²) in [6.45, 7) is 1.96. The fourth-order valence-electron chi connectivity index (χ4n) is 2.26. The lowest BCUT2D eigenvalue weighted by atomic mass is 10.3. The number of imidazole rings is 1. The van der Waals surface area contributed by atoms with Crippen LogP contribution in [0.1, 0.15) is 21.7 Å². The van der Waals surface area contributed by atoms with E-state index in [1.165, 1.54) is 0 Å². The van der Waals surface area contributed by atoms with Gasteiger partial charge in [0.15, 0.2) is 5.69 Å². The Balaban J connectivity index is 1.96. The zero-order valence-corrected chi connectivity index (χ0v) is 12.5. The van der Waals surface area contributed by atoms with Crippen molar-refractivity contribution in [3.63, 3.8) is 0 Å². The summed E-state index contributed by atoms with van der Waals surface area (Å²) in [6.07, 6.45) is 1.69. The summed E-state index contributed by atoms with van der Waals surface area (Å²) in [4.78, 5) is 15.9. The highest BCUT2D eigenvalue weighted by molar-refractivity contribution is 6.30. The lowest BCUT2D eigenvalue weighted by molar-refractivity contribution is 0.0686. The predicted octanol–water partition coefficient (Wildman–Crippen LogP) is 3.57. The molecule has 0 radical (unpaired) electrons. The number of halogens is 1. The van der Waals surface area contributed by atoms with Crippen molar-refractivity contribution in [2.45, 2.75) is 13.5 Å². The molecular weight excluding hydrogens is 304 g/mol. The summed E-state index contributed by atoms with van der Waals surface area (Å²) < 4.78 is 7.18. The van der Waals surface area contributed by atoms with Gasteiger partial charge < -0.3 is 9.84 Å². The highest BCUT2D eigenvalue weighted by atomic mass is 35.5. The molecule has 2 aromatic heterocycles. The molecule has 0 aliphatic carbocycles. The van der Waals surface area contributed by atoms with Gasteiger partial charge in [-0.25, -0.2) is 9.78 Å². The van der Waals surface area contributed by atoms with Gasteiger partial charge in [-0.1, -0.05) is 17.7 Å². The maximum atomic E-state index is 11.5. The minimum Gasteiger partial charge on any atom is -0.487 e. The van der Waals surface area contributed by atoms with Crippen molar-refractivity contribution in [3.05, 3.63) is 64.6 Å². The Hall–Kier alpha value is -2.53. The number of rotatable bonds is 4. The quantitative estimate of drug-likeness (QED) is 0.799. The van der Waals surface area contributed by atoms with Crippen molar-refractivity contribution in [2.75, 3.05) is 0 Å². The van der Waals surface area contributed by atoms with E-state index < -0.39 is 5.97 Å². The lowest BCUT2D eigenvalue weighted by Crippen LogP contribution is -2.07. The van der Waals surface area contributed by atoms with Crippen LogP contribution in [0.15, 0.2) is 42.6 Å². The van der Waals surface area contributed by atoms with E-state index in [1.54, 1.807) is 40.9 Å². The minimum absolute atomic E-state index is 0.0738. The molecule has 0 saturated carbocycles. The van der Waals surface area contributed by atoms with Crippen molar-refractivity contribution in [1.29, 1.82) is 0 Å². The minimum atomic E-state index is -1.03. The molecule has 0 fully saturated rings. The third-order valence-electron chi connectivity index (χ3n) is 3.31. The van der Waals surface area contributed by atoms with E-state index in [4.69, 9.17) is 16.3 Å². The van der Waals surface area contributed by atoms with Gasteiger partial charge in [-0.2, -0.15) is 0 Å². The first-order valence-electron chi connectivity index (χ1n) is 6.64. The number of nitrogens with zero attached hydrogens (tertiary/aromatic N) is 2. The first-order chi connectivity index (χ1) is 10.6. The second-order valence-corrected chi connectivity index (χ2v) is 5.28. The van der Waals surface area contributed by atoms with Crippen molar-refractivity contribution in [2.24, 2.45) is 0 Å². The van der Waals surface area contributed by atoms with Crippen molar-refractivity contribution in [1.82, 2.24) is 9.38 Å². The summed E-state index contributed by atoms with van der Waals surface area (Å²) in [5, 5.41) is 10.1. The van der Waals surface area contributed by atoms with Gasteiger partial charge in [-0.15, -0.1) is 0 Å². The maximum Gasteiger partial charge on any atom is 0.354 e. The van der Waals surface area contributed by atoms with Gasteiger partial charge in [-0.3, -0.25) is 4.40 Å². The zero-order valence-electron chi connectivity index (χ0n) is 11.8. The van der Waals surface area contributed by atoms with Gasteiger partial charge in [0.1, 0.15) is 23.7 Å². The van der Waals surface area contributed by atoms with E-state index in [0.29, 0.717) is 22.1 Å². The number of carboxylic acid groups (broad SMARTS) is 1. The molecule has 0 aliphatic rings. The van der Waals surface area contributed by atoms with Gasteiger partial charge in [0.25, 0.3) is 0 Å². The summed E-state index contributed by atoms with van der Waals surface area (Å²) in [6, 6.07) is 10.6. The largest absolute Gasteiger partial charge is 0.487 e. The number of aromatic nitrogens is 2. The van der Waals surface area contributed by atoms with E-state index >= 15 is 0 Å². The second kappa shape index (κ2) is 5.69. The summed E-state index contributed by atoms with van der Waals surface area (Å²) in [5.74, 6) is -0.428. The fourth-order valence-corrected chi connectivity index (χ4v) is 2.39. The number of aromatic carboxylic acids is 1. The summed E-state index contributed by atoms with van der Waals surface area (Å²) in [5.41, 5.74) is 2.03. The number of fused-ring (bicyclic) bond motifs is 1. The number of carboxylic acids is 1. The topological polar surface area (TPSA) is 63.8 Å². The molecule has 3 rings (SSSR count). The standard InChI is InChI=1S/C16H13ClN2O3/c1-10-3-2-8-19-14(16(20)21)13(18-15(10)19)9-22-12-6-4-11(17)5-7-12/h2-8H,9H2,1H3,(H,20,21). The smallest absolute Gasteiger partial charge is 0.354 e. The normalized spacial score (nSPS) is 10.8. The van der Waals surface area contributed by atoms with E-state index in [0.717, 1.165) is 5.56 Å². The molecule has 0 saturated heterocycles. The number of pyridine rings is 1. The average molecular weight is 317 g/mol. The van der Waals surface area contributed by atoms with Crippen LogP contribution in [0.2, 0.25) is 5.02 Å². The van der Waals surface area contributed by atoms with Gasteiger partial charge in [0, 0.05) is 11.2 Å². The van der Waals surface area contributed by atoms with Crippen LogP contribution in [0.25, 0.3) is 5.65 Å². The molecule has 3 aromatic rings. The first kappa shape index (κ1) is 14.4. The summed E-state index contributed by atoms with van der Waals surface area (Å²) >= 11 is 5.82. The second-order valence-electron chi connectivity index (χ2n) is 4.84. The van der Waals surface area contributed by atoms with Gasteiger partial charge in [-0.05, 0) is 42.8 Å². The molecule has 1 aromatic carbocycles. The number of aryl methyl sites for hydroxylation is 1. The monoisotopic (exact) mass is 316 g/mol. The van der Waals surface area contributed by atoms with Gasteiger partial charge >= 0.3 is 5.97 Å². The van der Waals surface area contributed by atoms with Crippen LogP contribution >= 0.6 is 11.6 Å². The number of ether oxygens (including phenoxy) is 1. The number of hydrogen-bond donors (Lipinski definition) is 1. The number of hydrogen-bond acceptors (Lipinski definition) is 3. The molecule has 6 heteroatoms. The van der Waals surface area contributed by atoms with Gasteiger partial charge in [0.05, 0.1) is 0 Å². The average Bonchev–Trinajstić information content (AvgIpc) is 2.87. The van der Waals surface area contributed by atoms with E-state index in [2.05, 4.69) is 4.98 Å². The van der Waals surface area contributed by atoms with E-state index in [9.17, 15) is 9.90 Å². The third-order valence-corrected chi connectivity index (χ3v) is 3.56. The predicted molar refractivity (Wildman–Crippen MR) is 82.7 cm³/mol. The van der Waals surface area contributed by atoms with E-state index in [1.807, 2.05) is 13.0 Å². The van der Waals surface area contributed by atoms with Crippen molar-refractivity contribution < 1.29 is 14.6 Å². The molecule has 0 aliphatic heterocycles.